The van der Waals surface area contributed by atoms with Crippen molar-refractivity contribution in [2.24, 2.45) is 5.92 Å². The van der Waals surface area contributed by atoms with Gasteiger partial charge in [0.2, 0.25) is 0 Å². The van der Waals surface area contributed by atoms with Crippen LogP contribution in [0.4, 0.5) is 0 Å². The van der Waals surface area contributed by atoms with E-state index in [1.54, 1.807) is 0 Å². The molecule has 1 atom stereocenters. The number of aryl methyl sites for hydroxylation is 2. The molecule has 1 N–H and O–H groups in total. The number of hydrogen-bond acceptors (Lipinski definition) is 2. The fourth-order valence-corrected chi connectivity index (χ4v) is 2.96. The molecule has 1 fully saturated rings. The molecule has 1 aliphatic rings. The van der Waals surface area contributed by atoms with Crippen molar-refractivity contribution < 1.29 is 0 Å². The predicted molar refractivity (Wildman–Crippen MR) is 82.6 cm³/mol. The van der Waals surface area contributed by atoms with Crippen LogP contribution in [0.15, 0.2) is 36.8 Å². The molecule has 0 bridgehead atoms. The van der Waals surface area contributed by atoms with E-state index in [9.17, 15) is 0 Å². The fraction of sp³-hybridized carbons (Fsp3) is 0.471. The highest BCUT2D eigenvalue weighted by Gasteiger charge is 2.13. The normalized spacial score (nSPS) is 19.1. The van der Waals surface area contributed by atoms with Gasteiger partial charge in [-0.1, -0.05) is 29.8 Å². The van der Waals surface area contributed by atoms with Crippen LogP contribution in [0.2, 0.25) is 0 Å². The Morgan fingerprint density at radius 2 is 2.15 bits per heavy atom. The molecule has 0 radical (unpaired) electrons. The molecule has 0 aliphatic carbocycles. The van der Waals surface area contributed by atoms with E-state index in [0.29, 0.717) is 0 Å². The zero-order chi connectivity index (χ0) is 13.8. The summed E-state index contributed by atoms with van der Waals surface area (Å²) in [5.74, 6) is 0.817. The van der Waals surface area contributed by atoms with E-state index >= 15 is 0 Å². The Kier molecular flexibility index (Phi) is 4.16. The summed E-state index contributed by atoms with van der Waals surface area (Å²) in [7, 11) is 0. The van der Waals surface area contributed by atoms with E-state index in [4.69, 9.17) is 0 Å². The van der Waals surface area contributed by atoms with Crippen LogP contribution in [0, 0.1) is 12.8 Å². The van der Waals surface area contributed by atoms with Crippen molar-refractivity contribution in [3.63, 3.8) is 0 Å². The second-order valence-electron chi connectivity index (χ2n) is 5.84. The lowest BCUT2D eigenvalue weighted by Gasteiger charge is -2.23. The number of benzene rings is 1. The summed E-state index contributed by atoms with van der Waals surface area (Å²) in [5.41, 5.74) is 3.79. The molecule has 2 heterocycles. The molecule has 0 saturated carbocycles. The minimum Gasteiger partial charge on any atom is -0.331 e. The summed E-state index contributed by atoms with van der Waals surface area (Å²) in [6.07, 6.45) is 7.86. The maximum atomic E-state index is 4.33. The van der Waals surface area contributed by atoms with Gasteiger partial charge in [-0.2, -0.15) is 0 Å². The van der Waals surface area contributed by atoms with Gasteiger partial charge in [0.05, 0.1) is 18.2 Å². The summed E-state index contributed by atoms with van der Waals surface area (Å²) < 4.78 is 2.29. The maximum absolute atomic E-state index is 4.33. The van der Waals surface area contributed by atoms with Crippen LogP contribution >= 0.6 is 0 Å². The third-order valence-electron chi connectivity index (χ3n) is 4.24. The van der Waals surface area contributed by atoms with Crippen molar-refractivity contribution in [3.8, 4) is 11.3 Å². The van der Waals surface area contributed by atoms with Crippen molar-refractivity contribution in [1.82, 2.24) is 14.9 Å². The Bertz CT molecular complexity index is 536. The highest BCUT2D eigenvalue weighted by Crippen LogP contribution is 2.21. The Hall–Kier alpha value is -1.61. The van der Waals surface area contributed by atoms with Gasteiger partial charge >= 0.3 is 0 Å². The number of rotatable bonds is 4. The predicted octanol–water partition coefficient (Wildman–Crippen LogP) is 3.25. The first-order valence-corrected chi connectivity index (χ1v) is 7.61. The molecule has 1 aromatic carbocycles. The molecule has 3 heteroatoms. The standard InChI is InChI=1S/C17H23N3/c1-14-4-6-16(7-5-14)17-12-19-13-20(17)10-8-15-3-2-9-18-11-15/h4-7,12-13,15,18H,2-3,8-11H2,1H3. The summed E-state index contributed by atoms with van der Waals surface area (Å²) in [5, 5.41) is 3.49. The topological polar surface area (TPSA) is 29.9 Å². The van der Waals surface area contributed by atoms with Gasteiger partial charge in [0.15, 0.2) is 0 Å². The van der Waals surface area contributed by atoms with Crippen molar-refractivity contribution >= 4 is 0 Å². The van der Waals surface area contributed by atoms with Crippen LogP contribution in [-0.4, -0.2) is 22.6 Å². The number of hydrogen-bond donors (Lipinski definition) is 1. The number of piperidine rings is 1. The largest absolute Gasteiger partial charge is 0.331 e. The van der Waals surface area contributed by atoms with Crippen molar-refractivity contribution in [2.75, 3.05) is 13.1 Å². The first-order chi connectivity index (χ1) is 9.83. The van der Waals surface area contributed by atoms with Crippen molar-refractivity contribution in [2.45, 2.75) is 32.7 Å². The van der Waals surface area contributed by atoms with Crippen molar-refractivity contribution in [3.05, 3.63) is 42.4 Å². The lowest BCUT2D eigenvalue weighted by Crippen LogP contribution is -2.30. The zero-order valence-electron chi connectivity index (χ0n) is 12.2. The van der Waals surface area contributed by atoms with Gasteiger partial charge in [-0.3, -0.25) is 0 Å². The number of aromatic nitrogens is 2. The lowest BCUT2D eigenvalue weighted by atomic mass is 9.96. The van der Waals surface area contributed by atoms with Gasteiger partial charge in [-0.15, -0.1) is 0 Å². The van der Waals surface area contributed by atoms with E-state index in [0.717, 1.165) is 12.5 Å². The molecule has 0 spiro atoms. The van der Waals surface area contributed by atoms with Crippen LogP contribution in [0.1, 0.15) is 24.8 Å². The molecule has 1 aromatic heterocycles. The van der Waals surface area contributed by atoms with Gasteiger partial charge in [0, 0.05) is 6.54 Å². The van der Waals surface area contributed by atoms with Crippen LogP contribution in [-0.2, 0) is 6.54 Å². The summed E-state index contributed by atoms with van der Waals surface area (Å²) >= 11 is 0. The van der Waals surface area contributed by atoms with Gasteiger partial charge in [0.25, 0.3) is 0 Å². The number of imidazole rings is 1. The molecule has 106 valence electrons. The molecule has 1 unspecified atom stereocenters. The minimum absolute atomic E-state index is 0.817. The zero-order valence-corrected chi connectivity index (χ0v) is 12.2. The van der Waals surface area contributed by atoms with Gasteiger partial charge in [-0.25, -0.2) is 4.98 Å². The van der Waals surface area contributed by atoms with Crippen LogP contribution in [0.3, 0.4) is 0 Å². The molecule has 3 nitrogen and oxygen atoms in total. The number of nitrogens with zero attached hydrogens (tertiary/aromatic N) is 2. The van der Waals surface area contributed by atoms with E-state index in [2.05, 4.69) is 46.1 Å². The van der Waals surface area contributed by atoms with Crippen molar-refractivity contribution in [1.29, 1.82) is 0 Å². The average Bonchev–Trinajstić information content (AvgIpc) is 2.95. The Morgan fingerprint density at radius 1 is 1.30 bits per heavy atom. The van der Waals surface area contributed by atoms with E-state index in [1.807, 2.05) is 12.5 Å². The molecule has 3 rings (SSSR count). The molecular formula is C17H23N3. The Morgan fingerprint density at radius 3 is 2.90 bits per heavy atom. The minimum atomic E-state index is 0.817. The molecule has 1 saturated heterocycles. The molecular weight excluding hydrogens is 246 g/mol. The summed E-state index contributed by atoms with van der Waals surface area (Å²) in [4.78, 5) is 4.33. The highest BCUT2D eigenvalue weighted by molar-refractivity contribution is 5.59. The first-order valence-electron chi connectivity index (χ1n) is 7.61. The third kappa shape index (κ3) is 3.10. The lowest BCUT2D eigenvalue weighted by molar-refractivity contribution is 0.342. The van der Waals surface area contributed by atoms with Gasteiger partial charge in [-0.05, 0) is 50.8 Å². The fourth-order valence-electron chi connectivity index (χ4n) is 2.96. The molecule has 20 heavy (non-hydrogen) atoms. The van der Waals surface area contributed by atoms with Crippen LogP contribution < -0.4 is 5.32 Å². The smallest absolute Gasteiger partial charge is 0.0950 e. The summed E-state index contributed by atoms with van der Waals surface area (Å²) in [6.45, 7) is 5.55. The van der Waals surface area contributed by atoms with E-state index < -0.39 is 0 Å². The molecule has 2 aromatic rings. The van der Waals surface area contributed by atoms with E-state index in [1.165, 1.54) is 49.2 Å². The van der Waals surface area contributed by atoms with Crippen LogP contribution in [0.25, 0.3) is 11.3 Å². The van der Waals surface area contributed by atoms with E-state index in [-0.39, 0.29) is 0 Å². The first kappa shape index (κ1) is 13.4. The average molecular weight is 269 g/mol. The Labute approximate surface area is 121 Å². The monoisotopic (exact) mass is 269 g/mol. The van der Waals surface area contributed by atoms with Crippen LogP contribution in [0.5, 0.6) is 0 Å². The van der Waals surface area contributed by atoms with Gasteiger partial charge < -0.3 is 9.88 Å². The second kappa shape index (κ2) is 6.23. The quantitative estimate of drug-likeness (QED) is 0.923. The maximum Gasteiger partial charge on any atom is 0.0950 e. The third-order valence-corrected chi connectivity index (χ3v) is 4.24. The Balaban J connectivity index is 1.68. The van der Waals surface area contributed by atoms with Gasteiger partial charge in [0.1, 0.15) is 0 Å². The number of nitrogens with one attached hydrogen (secondary N) is 1. The second-order valence-corrected chi connectivity index (χ2v) is 5.84. The molecule has 0 amide bonds. The summed E-state index contributed by atoms with van der Waals surface area (Å²) in [6, 6.07) is 8.70. The highest BCUT2D eigenvalue weighted by atomic mass is 15.0. The SMILES string of the molecule is Cc1ccc(-c2cncn2CCC2CCCNC2)cc1. The molecule has 1 aliphatic heterocycles.